The summed E-state index contributed by atoms with van der Waals surface area (Å²) in [5.41, 5.74) is 1.82. The van der Waals surface area contributed by atoms with Gasteiger partial charge in [-0.05, 0) is 63.8 Å². The third kappa shape index (κ3) is 9.85. The number of benzene rings is 1. The average molecular weight is 488 g/mol. The molecule has 1 aliphatic rings. The molecule has 0 bridgehead atoms. The Morgan fingerprint density at radius 3 is 2.68 bits per heavy atom. The number of rotatable bonds is 12. The van der Waals surface area contributed by atoms with Crippen LogP contribution in [0.15, 0.2) is 65.3 Å². The molecule has 1 saturated heterocycles. The molecule has 0 aliphatic carbocycles. The molecular weight excluding hydrogens is 449 g/mol. The number of allylic oxidation sites excluding steroid dienone is 6. The van der Waals surface area contributed by atoms with Crippen LogP contribution in [-0.4, -0.2) is 46.6 Å². The molecule has 0 aromatic heterocycles. The van der Waals surface area contributed by atoms with Crippen LogP contribution in [0.3, 0.4) is 0 Å². The van der Waals surface area contributed by atoms with E-state index < -0.39 is 0 Å². The number of amides is 1. The molecule has 186 valence electrons. The molecule has 0 radical (unpaired) electrons. The zero-order valence-corrected chi connectivity index (χ0v) is 21.7. The van der Waals surface area contributed by atoms with Crippen molar-refractivity contribution in [2.24, 2.45) is 4.99 Å². The Bertz CT molecular complexity index is 880. The molecule has 1 unspecified atom stereocenters. The quantitative estimate of drug-likeness (QED) is 0.187. The average Bonchev–Trinajstić information content (AvgIpc) is 3.25. The lowest BCUT2D eigenvalue weighted by atomic mass is 10.1. The van der Waals surface area contributed by atoms with Gasteiger partial charge in [-0.3, -0.25) is 9.69 Å². The van der Waals surface area contributed by atoms with Crippen molar-refractivity contribution in [1.29, 1.82) is 0 Å². The normalized spacial score (nSPS) is 16.4. The predicted molar refractivity (Wildman–Crippen MR) is 142 cm³/mol. The van der Waals surface area contributed by atoms with Crippen molar-refractivity contribution in [2.45, 2.75) is 66.0 Å². The first kappa shape index (κ1) is 27.9. The smallest absolute Gasteiger partial charge is 0.289 e. The lowest BCUT2D eigenvalue weighted by Crippen LogP contribution is -2.35. The molecule has 5 nitrogen and oxygen atoms in total. The number of carbonyl (C=O) groups excluding carboxylic acids is 1. The molecule has 2 rings (SSSR count). The SMILES string of the molecule is C\C=C/C=C\C=C(/C)N=C(Oc1ccc(CN(CCCN2CCCC2=O)C(C)CC)cc1)SF. The molecule has 1 heterocycles. The van der Waals surface area contributed by atoms with E-state index in [1.165, 1.54) is 5.56 Å². The standard InChI is InChI=1S/C27H38FN3O2S/c1-5-7-8-9-12-22(3)29-27(34-28)33-25-16-14-24(15-17-25)21-31(23(4)6-2)20-11-19-30-18-10-13-26(30)32/h5,7-9,12,14-17,23H,6,10-11,13,18-21H2,1-4H3/b7-5-,9-8-,22-12+,29-27?. The molecule has 1 aliphatic heterocycles. The Morgan fingerprint density at radius 1 is 1.29 bits per heavy atom. The highest BCUT2D eigenvalue weighted by atomic mass is 32.2. The van der Waals surface area contributed by atoms with Crippen molar-refractivity contribution in [2.75, 3.05) is 19.6 Å². The van der Waals surface area contributed by atoms with E-state index in [2.05, 4.69) is 23.7 Å². The number of likely N-dealkylation sites (tertiary alicyclic amines) is 1. The van der Waals surface area contributed by atoms with E-state index in [1.807, 2.05) is 60.4 Å². The largest absolute Gasteiger partial charge is 0.432 e. The van der Waals surface area contributed by atoms with Gasteiger partial charge in [0.15, 0.2) is 0 Å². The van der Waals surface area contributed by atoms with E-state index in [4.69, 9.17) is 4.74 Å². The summed E-state index contributed by atoms with van der Waals surface area (Å²) < 4.78 is 19.0. The second kappa shape index (κ2) is 15.5. The molecule has 0 spiro atoms. The van der Waals surface area contributed by atoms with Crippen LogP contribution in [0.5, 0.6) is 5.75 Å². The zero-order valence-electron chi connectivity index (χ0n) is 20.9. The van der Waals surface area contributed by atoms with Crippen molar-refractivity contribution >= 4 is 23.3 Å². The number of carbonyl (C=O) groups is 1. The number of nitrogens with zero attached hydrogens (tertiary/aromatic N) is 3. The Morgan fingerprint density at radius 2 is 2.06 bits per heavy atom. The molecule has 0 saturated carbocycles. The van der Waals surface area contributed by atoms with Gasteiger partial charge in [-0.1, -0.05) is 43.4 Å². The lowest BCUT2D eigenvalue weighted by molar-refractivity contribution is -0.127. The third-order valence-electron chi connectivity index (χ3n) is 5.86. The van der Waals surface area contributed by atoms with Crippen molar-refractivity contribution in [3.05, 3.63) is 65.9 Å². The maximum absolute atomic E-state index is 13.4. The van der Waals surface area contributed by atoms with Gasteiger partial charge < -0.3 is 9.64 Å². The summed E-state index contributed by atoms with van der Waals surface area (Å²) >= 11 is -0.00919. The summed E-state index contributed by atoms with van der Waals surface area (Å²) in [7, 11) is 0. The van der Waals surface area contributed by atoms with Crippen LogP contribution in [-0.2, 0) is 11.3 Å². The van der Waals surface area contributed by atoms with Crippen LogP contribution in [0.1, 0.15) is 58.9 Å². The zero-order chi connectivity index (χ0) is 24.8. The number of hydrogen-bond donors (Lipinski definition) is 0. The highest BCUT2D eigenvalue weighted by molar-refractivity contribution is 8.09. The molecule has 1 fully saturated rings. The molecular formula is C27H38FN3O2S. The van der Waals surface area contributed by atoms with E-state index in [1.54, 1.807) is 13.0 Å². The fourth-order valence-electron chi connectivity index (χ4n) is 3.72. The molecule has 34 heavy (non-hydrogen) atoms. The van der Waals surface area contributed by atoms with E-state index in [0.717, 1.165) is 45.4 Å². The van der Waals surface area contributed by atoms with Gasteiger partial charge in [0, 0.05) is 44.3 Å². The second-order valence-electron chi connectivity index (χ2n) is 8.49. The van der Waals surface area contributed by atoms with Crippen LogP contribution in [0.2, 0.25) is 0 Å². The van der Waals surface area contributed by atoms with Gasteiger partial charge in [0.2, 0.25) is 5.91 Å². The highest BCUT2D eigenvalue weighted by Crippen LogP contribution is 2.20. The minimum atomic E-state index is -0.0429. The van der Waals surface area contributed by atoms with Crippen LogP contribution < -0.4 is 4.74 Å². The molecule has 1 atom stereocenters. The van der Waals surface area contributed by atoms with Crippen LogP contribution in [0, 0.1) is 0 Å². The fourth-order valence-corrected chi connectivity index (χ4v) is 4.03. The summed E-state index contributed by atoms with van der Waals surface area (Å²) in [6, 6.07) is 8.17. The number of ether oxygens (including phenoxy) is 1. The Balaban J connectivity index is 1.94. The minimum absolute atomic E-state index is 0.00919. The minimum Gasteiger partial charge on any atom is -0.432 e. The number of aliphatic imine (C=N–C) groups is 1. The van der Waals surface area contributed by atoms with Crippen molar-refractivity contribution in [3.8, 4) is 5.75 Å². The van der Waals surface area contributed by atoms with Crippen LogP contribution in [0.25, 0.3) is 0 Å². The fraction of sp³-hybridized carbons (Fsp3) is 0.481. The summed E-state index contributed by atoms with van der Waals surface area (Å²) in [5.74, 6) is 0.836. The first-order valence-electron chi connectivity index (χ1n) is 12.1. The van der Waals surface area contributed by atoms with Gasteiger partial charge in [0.05, 0.1) is 0 Å². The van der Waals surface area contributed by atoms with Gasteiger partial charge in [-0.2, -0.15) is 3.89 Å². The van der Waals surface area contributed by atoms with Gasteiger partial charge >= 0.3 is 0 Å². The van der Waals surface area contributed by atoms with E-state index in [-0.39, 0.29) is 23.3 Å². The maximum atomic E-state index is 13.4. The van der Waals surface area contributed by atoms with Gasteiger partial charge in [-0.25, -0.2) is 4.99 Å². The Kier molecular flexibility index (Phi) is 12.7. The summed E-state index contributed by atoms with van der Waals surface area (Å²) in [4.78, 5) is 20.5. The highest BCUT2D eigenvalue weighted by Gasteiger charge is 2.20. The van der Waals surface area contributed by atoms with Crippen LogP contribution in [0.4, 0.5) is 3.89 Å². The van der Waals surface area contributed by atoms with Crippen molar-refractivity contribution in [3.63, 3.8) is 0 Å². The van der Waals surface area contributed by atoms with Crippen molar-refractivity contribution < 1.29 is 13.4 Å². The summed E-state index contributed by atoms with van der Waals surface area (Å²) in [6.45, 7) is 11.7. The van der Waals surface area contributed by atoms with Crippen LogP contribution >= 0.6 is 12.1 Å². The summed E-state index contributed by atoms with van der Waals surface area (Å²) in [6.07, 6.45) is 13.1. The Labute approximate surface area is 208 Å². The molecule has 1 aromatic carbocycles. The third-order valence-corrected chi connectivity index (χ3v) is 6.17. The van der Waals surface area contributed by atoms with E-state index in [9.17, 15) is 8.68 Å². The monoisotopic (exact) mass is 487 g/mol. The molecule has 7 heteroatoms. The first-order chi connectivity index (χ1) is 16.5. The number of halogens is 1. The second-order valence-corrected chi connectivity index (χ2v) is 8.99. The molecule has 1 aromatic rings. The van der Waals surface area contributed by atoms with Gasteiger partial charge in [-0.15, -0.1) is 0 Å². The van der Waals surface area contributed by atoms with E-state index >= 15 is 0 Å². The van der Waals surface area contributed by atoms with Gasteiger partial charge in [0.1, 0.15) is 17.9 Å². The maximum Gasteiger partial charge on any atom is 0.289 e. The first-order valence-corrected chi connectivity index (χ1v) is 12.8. The van der Waals surface area contributed by atoms with Crippen molar-refractivity contribution in [1.82, 2.24) is 9.80 Å². The Hall–Kier alpha value is -2.38. The summed E-state index contributed by atoms with van der Waals surface area (Å²) in [5, 5.41) is -0.0429. The predicted octanol–water partition coefficient (Wildman–Crippen LogP) is 6.69. The van der Waals surface area contributed by atoms with Gasteiger partial charge in [0.25, 0.3) is 5.23 Å². The molecule has 1 amide bonds. The number of hydrogen-bond acceptors (Lipinski definition) is 5. The molecule has 0 N–H and O–H groups in total. The lowest BCUT2D eigenvalue weighted by Gasteiger charge is -2.29. The topological polar surface area (TPSA) is 45.1 Å². The van der Waals surface area contributed by atoms with E-state index in [0.29, 0.717) is 23.9 Å².